The standard InChI is InChI=1S/C12H16N4OS/c1-17-11-9-10(13-7-14-11)16(12(18)15-9)8-5-3-2-4-6-8/h7-8H,2-6H2,1H3,(H,15,18). The maximum atomic E-state index is 5.43. The number of methoxy groups -OCH3 is 1. The fourth-order valence-electron chi connectivity index (χ4n) is 2.75. The third-order valence-corrected chi connectivity index (χ3v) is 3.90. The minimum Gasteiger partial charge on any atom is -0.479 e. The molecule has 1 aliphatic rings. The molecule has 0 bridgehead atoms. The normalized spacial score (nSPS) is 17.2. The summed E-state index contributed by atoms with van der Waals surface area (Å²) in [7, 11) is 1.61. The molecule has 3 rings (SSSR count). The number of hydrogen-bond acceptors (Lipinski definition) is 4. The molecular formula is C12H16N4OS. The van der Waals surface area contributed by atoms with Gasteiger partial charge in [0.05, 0.1) is 7.11 Å². The molecule has 2 aromatic rings. The number of H-pyrrole nitrogens is 1. The van der Waals surface area contributed by atoms with Crippen LogP contribution >= 0.6 is 12.2 Å². The van der Waals surface area contributed by atoms with Gasteiger partial charge in [-0.05, 0) is 25.1 Å². The molecule has 1 N–H and O–H groups in total. The Morgan fingerprint density at radius 1 is 1.33 bits per heavy atom. The minimum absolute atomic E-state index is 0.458. The second-order valence-electron chi connectivity index (χ2n) is 4.67. The van der Waals surface area contributed by atoms with E-state index in [0.717, 1.165) is 15.9 Å². The van der Waals surface area contributed by atoms with Crippen LogP contribution in [0.25, 0.3) is 11.2 Å². The number of aromatic nitrogens is 4. The fraction of sp³-hybridized carbons (Fsp3) is 0.583. The van der Waals surface area contributed by atoms with Crippen molar-refractivity contribution in [3.63, 3.8) is 0 Å². The van der Waals surface area contributed by atoms with Crippen molar-refractivity contribution in [3.8, 4) is 5.88 Å². The van der Waals surface area contributed by atoms with Crippen LogP contribution in [0.2, 0.25) is 0 Å². The lowest BCUT2D eigenvalue weighted by Gasteiger charge is -2.23. The summed E-state index contributed by atoms with van der Waals surface area (Å²) in [5.74, 6) is 0.556. The second-order valence-corrected chi connectivity index (χ2v) is 5.06. The van der Waals surface area contributed by atoms with Gasteiger partial charge in [-0.2, -0.15) is 4.98 Å². The topological polar surface area (TPSA) is 55.7 Å². The molecule has 2 heterocycles. The molecular weight excluding hydrogens is 248 g/mol. The maximum Gasteiger partial charge on any atom is 0.242 e. The highest BCUT2D eigenvalue weighted by Crippen LogP contribution is 2.32. The van der Waals surface area contributed by atoms with Gasteiger partial charge < -0.3 is 9.72 Å². The summed E-state index contributed by atoms with van der Waals surface area (Å²) in [6.45, 7) is 0. The molecule has 0 aliphatic heterocycles. The molecule has 6 heteroatoms. The molecule has 0 saturated heterocycles. The van der Waals surface area contributed by atoms with Crippen LogP contribution in [0.15, 0.2) is 6.33 Å². The first-order chi connectivity index (χ1) is 8.81. The van der Waals surface area contributed by atoms with Crippen LogP contribution < -0.4 is 4.74 Å². The molecule has 0 radical (unpaired) electrons. The molecule has 0 spiro atoms. The molecule has 1 fully saturated rings. The van der Waals surface area contributed by atoms with E-state index in [4.69, 9.17) is 17.0 Å². The summed E-state index contributed by atoms with van der Waals surface area (Å²) < 4.78 is 8.09. The Labute approximate surface area is 110 Å². The van der Waals surface area contributed by atoms with Gasteiger partial charge >= 0.3 is 0 Å². The quantitative estimate of drug-likeness (QED) is 0.847. The molecule has 96 valence electrons. The Morgan fingerprint density at radius 3 is 2.83 bits per heavy atom. The number of nitrogens with zero attached hydrogens (tertiary/aromatic N) is 3. The molecule has 1 aliphatic carbocycles. The first kappa shape index (κ1) is 11.6. The van der Waals surface area contributed by atoms with Crippen LogP contribution in [0.3, 0.4) is 0 Å². The summed E-state index contributed by atoms with van der Waals surface area (Å²) in [6, 6.07) is 0.458. The van der Waals surface area contributed by atoms with Crippen molar-refractivity contribution in [1.82, 2.24) is 19.5 Å². The number of ether oxygens (including phenoxy) is 1. The summed E-state index contributed by atoms with van der Waals surface area (Å²) >= 11 is 5.43. The summed E-state index contributed by atoms with van der Waals surface area (Å²) in [5, 5.41) is 0. The van der Waals surface area contributed by atoms with Gasteiger partial charge in [-0.3, -0.25) is 4.57 Å². The van der Waals surface area contributed by atoms with E-state index in [-0.39, 0.29) is 0 Å². The van der Waals surface area contributed by atoms with Gasteiger partial charge in [-0.15, -0.1) is 0 Å². The summed E-state index contributed by atoms with van der Waals surface area (Å²) in [6.07, 6.45) is 7.73. The van der Waals surface area contributed by atoms with Gasteiger partial charge in [-0.1, -0.05) is 19.3 Å². The van der Waals surface area contributed by atoms with Crippen molar-refractivity contribution in [2.24, 2.45) is 0 Å². The lowest BCUT2D eigenvalue weighted by Crippen LogP contribution is -2.13. The Balaban J connectivity index is 2.16. The van der Waals surface area contributed by atoms with E-state index >= 15 is 0 Å². The smallest absolute Gasteiger partial charge is 0.242 e. The number of aromatic amines is 1. The monoisotopic (exact) mass is 264 g/mol. The van der Waals surface area contributed by atoms with Crippen molar-refractivity contribution in [3.05, 3.63) is 11.1 Å². The largest absolute Gasteiger partial charge is 0.479 e. The zero-order valence-electron chi connectivity index (χ0n) is 10.3. The summed E-state index contributed by atoms with van der Waals surface area (Å²) in [4.78, 5) is 11.6. The predicted octanol–water partition coefficient (Wildman–Crippen LogP) is 3.00. The number of imidazole rings is 1. The average molecular weight is 264 g/mol. The lowest BCUT2D eigenvalue weighted by atomic mass is 9.95. The zero-order valence-corrected chi connectivity index (χ0v) is 11.2. The van der Waals surface area contributed by atoms with Gasteiger partial charge in [0.25, 0.3) is 0 Å². The molecule has 0 aromatic carbocycles. The Bertz CT molecular complexity index is 612. The number of rotatable bonds is 2. The first-order valence-corrected chi connectivity index (χ1v) is 6.71. The minimum atomic E-state index is 0.458. The molecule has 5 nitrogen and oxygen atoms in total. The van der Waals surface area contributed by atoms with Crippen LogP contribution in [-0.2, 0) is 0 Å². The molecule has 1 saturated carbocycles. The molecule has 0 atom stereocenters. The highest BCUT2D eigenvalue weighted by atomic mass is 32.1. The van der Waals surface area contributed by atoms with Crippen LogP contribution in [0, 0.1) is 4.77 Å². The SMILES string of the molecule is COc1ncnc2c1[nH]c(=S)n2C1CCCCC1. The van der Waals surface area contributed by atoms with E-state index in [1.165, 1.54) is 38.4 Å². The zero-order chi connectivity index (χ0) is 12.5. The number of nitrogens with one attached hydrogen (secondary N) is 1. The van der Waals surface area contributed by atoms with E-state index in [2.05, 4.69) is 19.5 Å². The van der Waals surface area contributed by atoms with Crippen molar-refractivity contribution in [1.29, 1.82) is 0 Å². The molecule has 2 aromatic heterocycles. The van der Waals surface area contributed by atoms with Crippen molar-refractivity contribution in [2.45, 2.75) is 38.1 Å². The summed E-state index contributed by atoms with van der Waals surface area (Å²) in [5.41, 5.74) is 1.66. The first-order valence-electron chi connectivity index (χ1n) is 6.30. The highest BCUT2D eigenvalue weighted by Gasteiger charge is 2.20. The molecule has 0 amide bonds. The van der Waals surface area contributed by atoms with E-state index in [0.29, 0.717) is 11.9 Å². The van der Waals surface area contributed by atoms with Gasteiger partial charge in [0.2, 0.25) is 5.88 Å². The highest BCUT2D eigenvalue weighted by molar-refractivity contribution is 7.71. The predicted molar refractivity (Wildman–Crippen MR) is 71.4 cm³/mol. The second kappa shape index (κ2) is 4.68. The Kier molecular flexibility index (Phi) is 3.03. The van der Waals surface area contributed by atoms with E-state index in [9.17, 15) is 0 Å². The third kappa shape index (κ3) is 1.80. The van der Waals surface area contributed by atoms with E-state index in [1.807, 2.05) is 0 Å². The van der Waals surface area contributed by atoms with E-state index in [1.54, 1.807) is 7.11 Å². The lowest BCUT2D eigenvalue weighted by molar-refractivity contribution is 0.356. The van der Waals surface area contributed by atoms with Gasteiger partial charge in [0.1, 0.15) is 11.8 Å². The van der Waals surface area contributed by atoms with Gasteiger partial charge in [0, 0.05) is 6.04 Å². The molecule has 0 unspecified atom stereocenters. The van der Waals surface area contributed by atoms with Crippen molar-refractivity contribution < 1.29 is 4.74 Å². The fourth-order valence-corrected chi connectivity index (χ4v) is 3.09. The van der Waals surface area contributed by atoms with Crippen LogP contribution in [0.5, 0.6) is 5.88 Å². The third-order valence-electron chi connectivity index (χ3n) is 3.60. The van der Waals surface area contributed by atoms with Crippen LogP contribution in [0.4, 0.5) is 0 Å². The average Bonchev–Trinajstić information content (AvgIpc) is 2.75. The van der Waals surface area contributed by atoms with Gasteiger partial charge in [-0.25, -0.2) is 4.98 Å². The molecule has 18 heavy (non-hydrogen) atoms. The van der Waals surface area contributed by atoms with Crippen molar-refractivity contribution >= 4 is 23.4 Å². The van der Waals surface area contributed by atoms with Gasteiger partial charge in [0.15, 0.2) is 10.4 Å². The number of fused-ring (bicyclic) bond motifs is 1. The Morgan fingerprint density at radius 2 is 2.11 bits per heavy atom. The van der Waals surface area contributed by atoms with E-state index < -0.39 is 0 Å². The van der Waals surface area contributed by atoms with Crippen molar-refractivity contribution in [2.75, 3.05) is 7.11 Å². The Hall–Kier alpha value is -1.43. The number of hydrogen-bond donors (Lipinski definition) is 1. The van der Waals surface area contributed by atoms with Crippen LogP contribution in [-0.4, -0.2) is 26.6 Å². The maximum absolute atomic E-state index is 5.43. The van der Waals surface area contributed by atoms with Crippen LogP contribution in [0.1, 0.15) is 38.1 Å².